The van der Waals surface area contributed by atoms with Gasteiger partial charge in [0.25, 0.3) is 0 Å². The fraction of sp³-hybridized carbons (Fsp3) is 0.0370. The SMILES string of the molecule is O=C(O)c1ccc(C#Cc2ccccc2C(=O)[NH+]=Cc2ccc3ncccc3c2)cn1.O=C([O-])C(F)(F)F. The number of fused-ring (bicyclic) bond motifs is 1. The Morgan fingerprint density at radius 3 is 2.34 bits per heavy atom. The van der Waals surface area contributed by atoms with E-state index in [9.17, 15) is 22.8 Å². The zero-order valence-corrected chi connectivity index (χ0v) is 19.2. The van der Waals surface area contributed by atoms with Gasteiger partial charge >= 0.3 is 18.1 Å². The number of pyridine rings is 2. The van der Waals surface area contributed by atoms with Crippen molar-refractivity contribution in [1.29, 1.82) is 0 Å². The number of carboxylic acid groups (broad SMARTS) is 2. The first-order valence-electron chi connectivity index (χ1n) is 10.6. The van der Waals surface area contributed by atoms with Gasteiger partial charge in [-0.05, 0) is 48.5 Å². The maximum Gasteiger partial charge on any atom is 0.430 e. The summed E-state index contributed by atoms with van der Waals surface area (Å²) in [4.78, 5) is 43.3. The summed E-state index contributed by atoms with van der Waals surface area (Å²) in [6.07, 6.45) is -0.420. The van der Waals surface area contributed by atoms with Crippen LogP contribution in [0.15, 0.2) is 79.1 Å². The van der Waals surface area contributed by atoms with Crippen LogP contribution in [-0.2, 0) is 4.79 Å². The molecule has 2 heterocycles. The number of aromatic carboxylic acids is 1. The van der Waals surface area contributed by atoms with Crippen molar-refractivity contribution < 1.29 is 42.8 Å². The number of aromatic nitrogens is 2. The lowest BCUT2D eigenvalue weighted by molar-refractivity contribution is -0.344. The van der Waals surface area contributed by atoms with Gasteiger partial charge in [-0.15, -0.1) is 0 Å². The van der Waals surface area contributed by atoms with E-state index in [1.165, 1.54) is 12.3 Å². The molecule has 2 aromatic heterocycles. The molecule has 4 rings (SSSR count). The van der Waals surface area contributed by atoms with E-state index in [0.717, 1.165) is 16.5 Å². The number of halogens is 3. The molecule has 0 fully saturated rings. The first kappa shape index (κ1) is 27.2. The Bertz CT molecular complexity index is 1590. The average Bonchev–Trinajstić information content (AvgIpc) is 2.90. The molecular weight excluding hydrogens is 503 g/mol. The third-order valence-electron chi connectivity index (χ3n) is 4.72. The van der Waals surface area contributed by atoms with Gasteiger partial charge in [0.15, 0.2) is 6.21 Å². The number of amides is 1. The van der Waals surface area contributed by atoms with Gasteiger partial charge in [-0.25, -0.2) is 14.6 Å². The first-order valence-corrected chi connectivity index (χ1v) is 10.6. The molecule has 0 unspecified atom stereocenters. The summed E-state index contributed by atoms with van der Waals surface area (Å²) in [5, 5.41) is 18.7. The molecule has 0 spiro atoms. The van der Waals surface area contributed by atoms with Crippen molar-refractivity contribution in [3.8, 4) is 11.8 Å². The molecule has 0 aliphatic rings. The van der Waals surface area contributed by atoms with E-state index >= 15 is 0 Å². The monoisotopic (exact) mass is 519 g/mol. The predicted octanol–water partition coefficient (Wildman–Crippen LogP) is 1.37. The highest BCUT2D eigenvalue weighted by Gasteiger charge is 2.28. The molecule has 0 saturated carbocycles. The summed E-state index contributed by atoms with van der Waals surface area (Å²) in [5.74, 6) is 1.49. The molecule has 0 saturated heterocycles. The van der Waals surface area contributed by atoms with Crippen LogP contribution in [0, 0.1) is 11.8 Å². The molecule has 0 aliphatic heterocycles. The zero-order valence-electron chi connectivity index (χ0n) is 19.2. The van der Waals surface area contributed by atoms with Gasteiger partial charge in [-0.3, -0.25) is 4.98 Å². The number of carbonyl (C=O) groups excluding carboxylic acids is 2. The van der Waals surface area contributed by atoms with E-state index in [0.29, 0.717) is 16.7 Å². The van der Waals surface area contributed by atoms with Crippen LogP contribution >= 0.6 is 0 Å². The minimum absolute atomic E-state index is 0.0506. The van der Waals surface area contributed by atoms with E-state index in [2.05, 4.69) is 26.8 Å². The fourth-order valence-electron chi connectivity index (χ4n) is 2.93. The summed E-state index contributed by atoms with van der Waals surface area (Å²) in [6.45, 7) is 0. The van der Waals surface area contributed by atoms with E-state index < -0.39 is 18.1 Å². The molecule has 4 aromatic rings. The second kappa shape index (κ2) is 12.0. The quantitative estimate of drug-likeness (QED) is 0.308. The number of nitrogens with one attached hydrogen (secondary N) is 1. The molecule has 11 heteroatoms. The number of alkyl halides is 3. The summed E-state index contributed by atoms with van der Waals surface area (Å²) in [5.41, 5.74) is 3.23. The number of rotatable bonds is 3. The minimum atomic E-state index is -5.19. The average molecular weight is 519 g/mol. The van der Waals surface area contributed by atoms with Crippen LogP contribution < -0.4 is 10.1 Å². The molecule has 2 aromatic carbocycles. The molecule has 8 nitrogen and oxygen atoms in total. The Labute approximate surface area is 213 Å². The lowest BCUT2D eigenvalue weighted by atomic mass is 10.1. The van der Waals surface area contributed by atoms with Crippen LogP contribution in [0.2, 0.25) is 0 Å². The first-order chi connectivity index (χ1) is 18.0. The molecule has 1 amide bonds. The van der Waals surface area contributed by atoms with Crippen molar-refractivity contribution in [2.45, 2.75) is 6.18 Å². The van der Waals surface area contributed by atoms with E-state index in [1.807, 2.05) is 30.3 Å². The Hall–Kier alpha value is -5.37. The largest absolute Gasteiger partial charge is 0.542 e. The van der Waals surface area contributed by atoms with E-state index in [-0.39, 0.29) is 11.6 Å². The van der Waals surface area contributed by atoms with Gasteiger partial charge in [0.2, 0.25) is 0 Å². The van der Waals surface area contributed by atoms with Crippen LogP contribution in [0.4, 0.5) is 13.2 Å². The molecule has 0 aliphatic carbocycles. The standard InChI is InChI=1S/C25H15N3O3.C2HF3O2/c29-24(28-16-18-9-11-22-20(14-18)5-3-13-26-22)21-6-2-1-4-19(21)10-7-17-8-12-23(25(30)31)27-15-17;3-2(4,5)1(6)7/h1-6,8-9,11-16H,(H,30,31);(H,6,7). The van der Waals surface area contributed by atoms with Crippen molar-refractivity contribution >= 4 is 35.0 Å². The van der Waals surface area contributed by atoms with Crippen molar-refractivity contribution in [3.63, 3.8) is 0 Å². The van der Waals surface area contributed by atoms with Crippen LogP contribution in [0.1, 0.15) is 37.5 Å². The number of hydrogen-bond acceptors (Lipinski definition) is 6. The number of benzene rings is 2. The van der Waals surface area contributed by atoms with Crippen LogP contribution in [-0.4, -0.2) is 45.3 Å². The molecule has 190 valence electrons. The number of nitrogens with zero attached hydrogens (tertiary/aromatic N) is 2. The van der Waals surface area contributed by atoms with Gasteiger partial charge in [0.1, 0.15) is 17.2 Å². The van der Waals surface area contributed by atoms with Gasteiger partial charge in [-0.2, -0.15) is 18.2 Å². The maximum atomic E-state index is 12.7. The van der Waals surface area contributed by atoms with E-state index in [1.54, 1.807) is 42.7 Å². The zero-order chi connectivity index (χ0) is 27.7. The second-order valence-electron chi connectivity index (χ2n) is 7.39. The summed E-state index contributed by atoms with van der Waals surface area (Å²) < 4.78 is 31.5. The highest BCUT2D eigenvalue weighted by Crippen LogP contribution is 2.12. The number of aliphatic carboxylic acids is 1. The highest BCUT2D eigenvalue weighted by atomic mass is 19.4. The van der Waals surface area contributed by atoms with Gasteiger partial charge in [0.05, 0.1) is 5.52 Å². The van der Waals surface area contributed by atoms with Crippen molar-refractivity contribution in [2.24, 2.45) is 0 Å². The number of carbonyl (C=O) groups is 3. The number of hydrogen-bond donors (Lipinski definition) is 2. The smallest absolute Gasteiger partial charge is 0.430 e. The molecule has 0 atom stereocenters. The third kappa shape index (κ3) is 7.56. The highest BCUT2D eigenvalue weighted by molar-refractivity contribution is 5.94. The Morgan fingerprint density at radius 2 is 1.68 bits per heavy atom. The van der Waals surface area contributed by atoms with Gasteiger partial charge < -0.3 is 15.0 Å². The second-order valence-corrected chi connectivity index (χ2v) is 7.39. The lowest BCUT2D eigenvalue weighted by Gasteiger charge is -2.03. The summed E-state index contributed by atoms with van der Waals surface area (Å²) >= 11 is 0. The molecular formula is C27H16F3N3O5. The maximum absolute atomic E-state index is 12.7. The summed E-state index contributed by atoms with van der Waals surface area (Å²) in [6, 6.07) is 19.5. The molecule has 0 radical (unpaired) electrons. The lowest BCUT2D eigenvalue weighted by Crippen LogP contribution is -2.74. The normalized spacial score (nSPS) is 10.7. The van der Waals surface area contributed by atoms with Crippen molar-refractivity contribution in [2.75, 3.05) is 0 Å². The molecule has 38 heavy (non-hydrogen) atoms. The number of carboxylic acids is 2. The fourth-order valence-corrected chi connectivity index (χ4v) is 2.93. The Balaban J connectivity index is 0.000000505. The van der Waals surface area contributed by atoms with E-state index in [4.69, 9.17) is 15.0 Å². The summed E-state index contributed by atoms with van der Waals surface area (Å²) in [7, 11) is 0. The molecule has 0 bridgehead atoms. The Kier molecular flexibility index (Phi) is 8.63. The van der Waals surface area contributed by atoms with Crippen molar-refractivity contribution in [1.82, 2.24) is 9.97 Å². The molecule has 2 N–H and O–H groups in total. The predicted molar refractivity (Wildman–Crippen MR) is 127 cm³/mol. The van der Waals surface area contributed by atoms with Gasteiger partial charge in [0, 0.05) is 34.5 Å². The van der Waals surface area contributed by atoms with Crippen LogP contribution in [0.5, 0.6) is 0 Å². The Morgan fingerprint density at radius 1 is 0.947 bits per heavy atom. The van der Waals surface area contributed by atoms with Crippen LogP contribution in [0.3, 0.4) is 0 Å². The third-order valence-corrected chi connectivity index (χ3v) is 4.72. The minimum Gasteiger partial charge on any atom is -0.542 e. The van der Waals surface area contributed by atoms with Crippen molar-refractivity contribution in [3.05, 3.63) is 107 Å². The van der Waals surface area contributed by atoms with Gasteiger partial charge in [-0.1, -0.05) is 30.0 Å². The van der Waals surface area contributed by atoms with Crippen LogP contribution in [0.25, 0.3) is 10.9 Å². The topological polar surface area (TPSA) is 134 Å².